The minimum Gasteiger partial charge on any atom is -0.311 e. The summed E-state index contributed by atoms with van der Waals surface area (Å²) in [5.41, 5.74) is 0. The van der Waals surface area contributed by atoms with E-state index in [1.165, 1.54) is 51.9 Å². The summed E-state index contributed by atoms with van der Waals surface area (Å²) >= 11 is 0. The number of hydrogen-bond donors (Lipinski definition) is 1. The summed E-state index contributed by atoms with van der Waals surface area (Å²) in [5.74, 6) is 0. The molecule has 0 amide bonds. The third-order valence-corrected chi connectivity index (χ3v) is 4.71. The van der Waals surface area contributed by atoms with Gasteiger partial charge in [-0.15, -0.1) is 0 Å². The molecule has 0 spiro atoms. The van der Waals surface area contributed by atoms with Crippen LogP contribution < -0.4 is 5.32 Å². The molecule has 2 rings (SSSR count). The Morgan fingerprint density at radius 1 is 1.06 bits per heavy atom. The molecular weight excluding hydrogens is 210 g/mol. The fourth-order valence-electron chi connectivity index (χ4n) is 3.19. The molecule has 2 aliphatic heterocycles. The van der Waals surface area contributed by atoms with Gasteiger partial charge in [0.25, 0.3) is 0 Å². The fraction of sp³-hybridized carbons (Fsp3) is 1.00. The van der Waals surface area contributed by atoms with Gasteiger partial charge in [0.15, 0.2) is 0 Å². The molecule has 3 heteroatoms. The van der Waals surface area contributed by atoms with Crippen molar-refractivity contribution in [2.24, 2.45) is 0 Å². The Labute approximate surface area is 107 Å². The van der Waals surface area contributed by atoms with Crippen LogP contribution in [-0.2, 0) is 0 Å². The molecule has 1 N–H and O–H groups in total. The Balaban J connectivity index is 1.71. The molecule has 0 aromatic carbocycles. The van der Waals surface area contributed by atoms with E-state index in [1.807, 2.05) is 0 Å². The topological polar surface area (TPSA) is 18.5 Å². The molecule has 0 radical (unpaired) electrons. The summed E-state index contributed by atoms with van der Waals surface area (Å²) in [4.78, 5) is 5.05. The van der Waals surface area contributed by atoms with Gasteiger partial charge in [0, 0.05) is 18.1 Å². The maximum Gasteiger partial charge on any atom is 0.00966 e. The monoisotopic (exact) mass is 239 g/mol. The smallest absolute Gasteiger partial charge is 0.00966 e. The summed E-state index contributed by atoms with van der Waals surface area (Å²) in [6, 6.07) is 2.29. The van der Waals surface area contributed by atoms with Gasteiger partial charge in [0.2, 0.25) is 0 Å². The summed E-state index contributed by atoms with van der Waals surface area (Å²) in [5, 5.41) is 3.90. The van der Waals surface area contributed by atoms with Gasteiger partial charge in [-0.3, -0.25) is 0 Å². The number of nitrogens with one attached hydrogen (secondary N) is 1. The number of likely N-dealkylation sites (tertiary alicyclic amines) is 2. The Bertz CT molecular complexity index is 224. The molecule has 2 aliphatic rings. The third kappa shape index (κ3) is 3.67. The van der Waals surface area contributed by atoms with Crippen molar-refractivity contribution in [2.45, 2.75) is 57.7 Å². The van der Waals surface area contributed by atoms with Crippen LogP contribution in [0.15, 0.2) is 0 Å². The standard InChI is InChI=1S/C14H29N3/c1-4-17-9-6-13(7-10-17)15-14-5-8-16(3)12(2)11-14/h12-15H,4-11H2,1-3H3. The highest BCUT2D eigenvalue weighted by molar-refractivity contribution is 4.85. The molecule has 0 bridgehead atoms. The summed E-state index contributed by atoms with van der Waals surface area (Å²) < 4.78 is 0. The highest BCUT2D eigenvalue weighted by Gasteiger charge is 2.26. The normalized spacial score (nSPS) is 34.1. The number of nitrogens with zero attached hydrogens (tertiary/aromatic N) is 2. The highest BCUT2D eigenvalue weighted by atomic mass is 15.2. The highest BCUT2D eigenvalue weighted by Crippen LogP contribution is 2.18. The molecule has 0 aromatic heterocycles. The van der Waals surface area contributed by atoms with Crippen LogP contribution in [0.1, 0.15) is 39.5 Å². The zero-order valence-corrected chi connectivity index (χ0v) is 11.8. The van der Waals surface area contributed by atoms with E-state index in [1.54, 1.807) is 0 Å². The number of hydrogen-bond acceptors (Lipinski definition) is 3. The van der Waals surface area contributed by atoms with Gasteiger partial charge in [-0.25, -0.2) is 0 Å². The molecule has 2 heterocycles. The van der Waals surface area contributed by atoms with Crippen molar-refractivity contribution in [3.05, 3.63) is 0 Å². The van der Waals surface area contributed by atoms with E-state index in [0.29, 0.717) is 0 Å². The van der Waals surface area contributed by atoms with Crippen LogP contribution in [0.5, 0.6) is 0 Å². The predicted octanol–water partition coefficient (Wildman–Crippen LogP) is 1.54. The first-order valence-corrected chi connectivity index (χ1v) is 7.37. The molecule has 100 valence electrons. The average Bonchev–Trinajstić information content (AvgIpc) is 2.35. The lowest BCUT2D eigenvalue weighted by Gasteiger charge is -2.39. The van der Waals surface area contributed by atoms with E-state index in [0.717, 1.165) is 18.1 Å². The third-order valence-electron chi connectivity index (χ3n) is 4.71. The van der Waals surface area contributed by atoms with E-state index < -0.39 is 0 Å². The van der Waals surface area contributed by atoms with Gasteiger partial charge in [-0.2, -0.15) is 0 Å². The first-order valence-electron chi connectivity index (χ1n) is 7.37. The molecule has 17 heavy (non-hydrogen) atoms. The Hall–Kier alpha value is -0.120. The van der Waals surface area contributed by atoms with Crippen LogP contribution in [0.3, 0.4) is 0 Å². The lowest BCUT2D eigenvalue weighted by Crippen LogP contribution is -2.51. The van der Waals surface area contributed by atoms with Crippen molar-refractivity contribution in [1.29, 1.82) is 0 Å². The van der Waals surface area contributed by atoms with Crippen LogP contribution in [0.25, 0.3) is 0 Å². The van der Waals surface area contributed by atoms with E-state index in [2.05, 4.69) is 36.0 Å². The molecule has 2 unspecified atom stereocenters. The second-order valence-corrected chi connectivity index (χ2v) is 5.93. The molecule has 2 saturated heterocycles. The van der Waals surface area contributed by atoms with Crippen LogP contribution in [-0.4, -0.2) is 61.2 Å². The Morgan fingerprint density at radius 3 is 2.29 bits per heavy atom. The Morgan fingerprint density at radius 2 is 1.71 bits per heavy atom. The summed E-state index contributed by atoms with van der Waals surface area (Å²) in [6.45, 7) is 9.68. The summed E-state index contributed by atoms with van der Waals surface area (Å²) in [7, 11) is 2.25. The van der Waals surface area contributed by atoms with E-state index in [9.17, 15) is 0 Å². The van der Waals surface area contributed by atoms with Gasteiger partial charge in [0.05, 0.1) is 0 Å². The van der Waals surface area contributed by atoms with Crippen molar-refractivity contribution in [3.8, 4) is 0 Å². The van der Waals surface area contributed by atoms with Crippen molar-refractivity contribution in [1.82, 2.24) is 15.1 Å². The minimum atomic E-state index is 0.747. The van der Waals surface area contributed by atoms with E-state index in [4.69, 9.17) is 0 Å². The molecule has 3 nitrogen and oxygen atoms in total. The van der Waals surface area contributed by atoms with E-state index in [-0.39, 0.29) is 0 Å². The minimum absolute atomic E-state index is 0.747. The molecule has 2 fully saturated rings. The van der Waals surface area contributed by atoms with Gasteiger partial charge >= 0.3 is 0 Å². The SMILES string of the molecule is CCN1CCC(NC2CCN(C)C(C)C2)CC1. The zero-order chi connectivity index (χ0) is 12.3. The molecule has 0 aromatic rings. The van der Waals surface area contributed by atoms with Crippen LogP contribution >= 0.6 is 0 Å². The first kappa shape index (κ1) is 13.3. The van der Waals surface area contributed by atoms with Crippen molar-refractivity contribution in [3.63, 3.8) is 0 Å². The van der Waals surface area contributed by atoms with Crippen LogP contribution in [0, 0.1) is 0 Å². The summed E-state index contributed by atoms with van der Waals surface area (Å²) in [6.07, 6.45) is 5.34. The van der Waals surface area contributed by atoms with E-state index >= 15 is 0 Å². The van der Waals surface area contributed by atoms with Crippen molar-refractivity contribution >= 4 is 0 Å². The molecule has 0 saturated carbocycles. The van der Waals surface area contributed by atoms with Gasteiger partial charge in [-0.1, -0.05) is 6.92 Å². The number of rotatable bonds is 3. The van der Waals surface area contributed by atoms with Gasteiger partial charge in [0.1, 0.15) is 0 Å². The van der Waals surface area contributed by atoms with Gasteiger partial charge in [-0.05, 0) is 65.8 Å². The Kier molecular flexibility index (Phi) is 4.83. The van der Waals surface area contributed by atoms with Crippen LogP contribution in [0.4, 0.5) is 0 Å². The fourth-order valence-corrected chi connectivity index (χ4v) is 3.19. The average molecular weight is 239 g/mol. The maximum atomic E-state index is 3.90. The molecule has 2 atom stereocenters. The number of piperidine rings is 2. The quantitative estimate of drug-likeness (QED) is 0.806. The van der Waals surface area contributed by atoms with Crippen LogP contribution in [0.2, 0.25) is 0 Å². The lowest BCUT2D eigenvalue weighted by atomic mass is 9.96. The maximum absolute atomic E-state index is 3.90. The molecule has 0 aliphatic carbocycles. The predicted molar refractivity (Wildman–Crippen MR) is 73.4 cm³/mol. The molecular formula is C14H29N3. The van der Waals surface area contributed by atoms with Gasteiger partial charge < -0.3 is 15.1 Å². The lowest BCUT2D eigenvalue weighted by molar-refractivity contribution is 0.143. The second kappa shape index (κ2) is 6.17. The van der Waals surface area contributed by atoms with Crippen molar-refractivity contribution in [2.75, 3.05) is 33.2 Å². The first-order chi connectivity index (χ1) is 8.19. The largest absolute Gasteiger partial charge is 0.311 e. The zero-order valence-electron chi connectivity index (χ0n) is 11.8. The second-order valence-electron chi connectivity index (χ2n) is 5.93. The van der Waals surface area contributed by atoms with Crippen molar-refractivity contribution < 1.29 is 0 Å².